The Morgan fingerprint density at radius 1 is 1.06 bits per heavy atom. The number of nitrogens with one attached hydrogen (secondary N) is 2. The number of halogens is 5. The zero-order chi connectivity index (χ0) is 25.2. The zero-order valence-corrected chi connectivity index (χ0v) is 21.0. The fourth-order valence-electron chi connectivity index (χ4n) is 3.29. The van der Waals surface area contributed by atoms with Gasteiger partial charge in [-0.15, -0.1) is 0 Å². The van der Waals surface area contributed by atoms with Crippen LogP contribution in [0.25, 0.3) is 16.9 Å². The average Bonchev–Trinajstić information content (AvgIpc) is 3.19. The highest BCUT2D eigenvalue weighted by atomic mass is 79.9. The van der Waals surface area contributed by atoms with E-state index >= 15 is 0 Å². The average molecular weight is 589 g/mol. The van der Waals surface area contributed by atoms with Crippen molar-refractivity contribution in [3.63, 3.8) is 0 Å². The Morgan fingerprint density at radius 2 is 1.77 bits per heavy atom. The summed E-state index contributed by atoms with van der Waals surface area (Å²) in [6, 6.07) is 12.4. The predicted octanol–water partition coefficient (Wildman–Crippen LogP) is 5.61. The van der Waals surface area contributed by atoms with Gasteiger partial charge in [0.2, 0.25) is 10.0 Å². The lowest BCUT2D eigenvalue weighted by atomic mass is 10.1. The van der Waals surface area contributed by atoms with Gasteiger partial charge >= 0.3 is 6.18 Å². The van der Waals surface area contributed by atoms with Gasteiger partial charge in [0.25, 0.3) is 0 Å². The highest BCUT2D eigenvalue weighted by Crippen LogP contribution is 2.31. The van der Waals surface area contributed by atoms with Crippen molar-refractivity contribution in [1.29, 1.82) is 0 Å². The molecule has 0 aliphatic heterocycles. The maximum absolute atomic E-state index is 12.7. The first kappa shape index (κ1) is 25.4. The molecular formula is C22H18BrClF3N5O2S. The van der Waals surface area contributed by atoms with Gasteiger partial charge in [-0.1, -0.05) is 29.8 Å². The highest BCUT2D eigenvalue weighted by molar-refractivity contribution is 9.10. The Balaban J connectivity index is 1.42. The number of rotatable bonds is 8. The molecule has 0 spiro atoms. The molecular weight excluding hydrogens is 571 g/mol. The molecule has 0 aliphatic carbocycles. The number of hydrogen-bond acceptors (Lipinski definition) is 5. The normalized spacial score (nSPS) is 12.3. The van der Waals surface area contributed by atoms with Crippen molar-refractivity contribution < 1.29 is 21.6 Å². The fourth-order valence-corrected chi connectivity index (χ4v) is 4.94. The maximum Gasteiger partial charge on any atom is 0.416 e. The second-order valence-electron chi connectivity index (χ2n) is 7.43. The largest absolute Gasteiger partial charge is 0.416 e. The number of fused-ring (bicyclic) bond motifs is 1. The summed E-state index contributed by atoms with van der Waals surface area (Å²) >= 11 is 9.76. The van der Waals surface area contributed by atoms with E-state index in [4.69, 9.17) is 11.6 Å². The van der Waals surface area contributed by atoms with Gasteiger partial charge in [0.15, 0.2) is 5.65 Å². The molecule has 13 heteroatoms. The molecule has 7 nitrogen and oxygen atoms in total. The van der Waals surface area contributed by atoms with Gasteiger partial charge in [-0.2, -0.15) is 22.8 Å². The van der Waals surface area contributed by atoms with E-state index in [1.165, 1.54) is 0 Å². The first-order chi connectivity index (χ1) is 16.6. The Hall–Kier alpha value is -2.67. The van der Waals surface area contributed by atoms with E-state index in [1.807, 2.05) is 18.2 Å². The molecule has 184 valence electrons. The summed E-state index contributed by atoms with van der Waals surface area (Å²) in [7, 11) is -3.94. The van der Waals surface area contributed by atoms with Crippen LogP contribution in [0.15, 0.2) is 70.2 Å². The van der Waals surface area contributed by atoms with Gasteiger partial charge in [-0.05, 0) is 52.7 Å². The minimum Gasteiger partial charge on any atom is -0.370 e. The van der Waals surface area contributed by atoms with Crippen LogP contribution in [0.3, 0.4) is 0 Å². The third-order valence-electron chi connectivity index (χ3n) is 5.02. The third kappa shape index (κ3) is 5.77. The number of hydrogen-bond donors (Lipinski definition) is 2. The Bertz CT molecular complexity index is 1460. The minimum absolute atomic E-state index is 0.0742. The van der Waals surface area contributed by atoms with Crippen molar-refractivity contribution in [2.24, 2.45) is 0 Å². The molecule has 0 radical (unpaired) electrons. The standard InChI is InChI=1S/C22H18BrClF3N5O2S/c23-17-13-29-32-20(12-19(31-21(17)32)16-4-1-2-5-18(16)24)28-10-3-11-30-35(33,34)15-8-6-14(7-9-15)22(25,26)27/h1-2,4-9,12-13,28,30H,3,10-11H2. The molecule has 2 aromatic carbocycles. The molecule has 4 rings (SSSR count). The molecule has 2 N–H and O–H groups in total. The quantitative estimate of drug-likeness (QED) is 0.261. The zero-order valence-electron chi connectivity index (χ0n) is 17.9. The summed E-state index contributed by atoms with van der Waals surface area (Å²) in [5.74, 6) is 0.626. The van der Waals surface area contributed by atoms with E-state index in [-0.39, 0.29) is 11.4 Å². The molecule has 0 unspecified atom stereocenters. The van der Waals surface area contributed by atoms with Crippen LogP contribution in [0, 0.1) is 0 Å². The van der Waals surface area contributed by atoms with Crippen molar-refractivity contribution in [2.75, 3.05) is 18.4 Å². The molecule has 0 fully saturated rings. The van der Waals surface area contributed by atoms with Crippen molar-refractivity contribution in [3.8, 4) is 11.3 Å². The number of aromatic nitrogens is 3. The summed E-state index contributed by atoms with van der Waals surface area (Å²) in [5.41, 5.74) is 1.05. The van der Waals surface area contributed by atoms with Gasteiger partial charge < -0.3 is 5.32 Å². The van der Waals surface area contributed by atoms with Crippen molar-refractivity contribution >= 4 is 49.0 Å². The number of anilines is 1. The second-order valence-corrected chi connectivity index (χ2v) is 10.5. The maximum atomic E-state index is 12.7. The molecule has 0 saturated carbocycles. The molecule has 0 atom stereocenters. The smallest absolute Gasteiger partial charge is 0.370 e. The van der Waals surface area contributed by atoms with Crippen LogP contribution in [0.1, 0.15) is 12.0 Å². The van der Waals surface area contributed by atoms with E-state index in [2.05, 4.69) is 36.1 Å². The van der Waals surface area contributed by atoms with Crippen LogP contribution in [0.2, 0.25) is 5.02 Å². The van der Waals surface area contributed by atoms with E-state index in [0.29, 0.717) is 39.6 Å². The van der Waals surface area contributed by atoms with Crippen LogP contribution in [-0.4, -0.2) is 36.1 Å². The fraction of sp³-hybridized carbons (Fsp3) is 0.182. The lowest BCUT2D eigenvalue weighted by Gasteiger charge is -2.12. The minimum atomic E-state index is -4.53. The van der Waals surface area contributed by atoms with Crippen LogP contribution >= 0.6 is 27.5 Å². The molecule has 35 heavy (non-hydrogen) atoms. The van der Waals surface area contributed by atoms with Gasteiger partial charge in [0.1, 0.15) is 5.82 Å². The monoisotopic (exact) mass is 587 g/mol. The SMILES string of the molecule is O=S(=O)(NCCCNc1cc(-c2ccccc2Cl)nc2c(Br)cnn12)c1ccc(C(F)(F)F)cc1. The Labute approximate surface area is 212 Å². The molecule has 2 aromatic heterocycles. The van der Waals surface area contributed by atoms with E-state index in [1.54, 1.807) is 22.8 Å². The third-order valence-corrected chi connectivity index (χ3v) is 7.39. The van der Waals surface area contributed by atoms with Gasteiger partial charge in [0.05, 0.1) is 26.8 Å². The second kappa shape index (κ2) is 10.1. The van der Waals surface area contributed by atoms with Crippen LogP contribution in [-0.2, 0) is 16.2 Å². The summed E-state index contributed by atoms with van der Waals surface area (Å²) in [4.78, 5) is 4.39. The Morgan fingerprint density at radius 3 is 2.46 bits per heavy atom. The number of alkyl halides is 3. The first-order valence-electron chi connectivity index (χ1n) is 10.3. The van der Waals surface area contributed by atoms with Gasteiger partial charge in [-0.3, -0.25) is 0 Å². The van der Waals surface area contributed by atoms with Gasteiger partial charge in [0, 0.05) is 29.7 Å². The van der Waals surface area contributed by atoms with Crippen LogP contribution < -0.4 is 10.0 Å². The van der Waals surface area contributed by atoms with E-state index < -0.39 is 21.8 Å². The Kier molecular flexibility index (Phi) is 7.36. The van der Waals surface area contributed by atoms with E-state index in [0.717, 1.165) is 29.8 Å². The topological polar surface area (TPSA) is 88.4 Å². The van der Waals surface area contributed by atoms with Crippen molar-refractivity contribution in [2.45, 2.75) is 17.5 Å². The lowest BCUT2D eigenvalue weighted by Crippen LogP contribution is -2.26. The van der Waals surface area contributed by atoms with Crippen molar-refractivity contribution in [1.82, 2.24) is 19.3 Å². The van der Waals surface area contributed by atoms with E-state index in [9.17, 15) is 21.6 Å². The number of nitrogens with zero attached hydrogens (tertiary/aromatic N) is 3. The molecule has 0 amide bonds. The summed E-state index contributed by atoms with van der Waals surface area (Å²) in [6.45, 7) is 0.457. The van der Waals surface area contributed by atoms with Crippen LogP contribution in [0.4, 0.5) is 19.0 Å². The highest BCUT2D eigenvalue weighted by Gasteiger charge is 2.30. The number of benzene rings is 2. The summed E-state index contributed by atoms with van der Waals surface area (Å²) in [5, 5.41) is 8.06. The van der Waals surface area contributed by atoms with Crippen molar-refractivity contribution in [3.05, 3.63) is 75.9 Å². The van der Waals surface area contributed by atoms with Crippen LogP contribution in [0.5, 0.6) is 0 Å². The lowest BCUT2D eigenvalue weighted by molar-refractivity contribution is -0.137. The first-order valence-corrected chi connectivity index (χ1v) is 12.9. The summed E-state index contributed by atoms with van der Waals surface area (Å²) in [6.07, 6.45) is -2.52. The number of sulfonamides is 1. The molecule has 2 heterocycles. The molecule has 0 bridgehead atoms. The molecule has 4 aromatic rings. The molecule has 0 saturated heterocycles. The van der Waals surface area contributed by atoms with Gasteiger partial charge in [-0.25, -0.2) is 18.1 Å². The predicted molar refractivity (Wildman–Crippen MR) is 131 cm³/mol. The molecule has 0 aliphatic rings. The summed E-state index contributed by atoms with van der Waals surface area (Å²) < 4.78 is 67.5.